The number of aromatic nitrogens is 1. The Kier molecular flexibility index (Phi) is 3.49. The lowest BCUT2D eigenvalue weighted by atomic mass is 10.2. The van der Waals surface area contributed by atoms with E-state index in [1.807, 2.05) is 18.2 Å². The number of ether oxygens (including phenoxy) is 1. The second-order valence-electron chi connectivity index (χ2n) is 3.63. The van der Waals surface area contributed by atoms with E-state index in [4.69, 9.17) is 4.74 Å². The lowest BCUT2D eigenvalue weighted by Crippen LogP contribution is -2.26. The first-order chi connectivity index (χ1) is 6.95. The molecule has 1 aliphatic rings. The standard InChI is InChI=1S/C11H16N2O/c1-2-6-12-10(4-1)8-14-9-11-5-3-7-13-11/h1-2,4,6,11,13H,3,5,7-9H2/t11-/m1/s1. The van der Waals surface area contributed by atoms with Crippen LogP contribution in [0.4, 0.5) is 0 Å². The van der Waals surface area contributed by atoms with Crippen molar-refractivity contribution in [1.82, 2.24) is 10.3 Å². The van der Waals surface area contributed by atoms with Crippen molar-refractivity contribution in [2.45, 2.75) is 25.5 Å². The zero-order valence-electron chi connectivity index (χ0n) is 8.28. The van der Waals surface area contributed by atoms with Gasteiger partial charge in [0, 0.05) is 12.2 Å². The van der Waals surface area contributed by atoms with Gasteiger partial charge < -0.3 is 10.1 Å². The van der Waals surface area contributed by atoms with Crippen LogP contribution in [0.3, 0.4) is 0 Å². The van der Waals surface area contributed by atoms with Crippen LogP contribution in [0.1, 0.15) is 18.5 Å². The molecule has 1 aliphatic heterocycles. The highest BCUT2D eigenvalue weighted by atomic mass is 16.5. The fraction of sp³-hybridized carbons (Fsp3) is 0.545. The quantitative estimate of drug-likeness (QED) is 0.782. The lowest BCUT2D eigenvalue weighted by molar-refractivity contribution is 0.101. The predicted molar refractivity (Wildman–Crippen MR) is 54.9 cm³/mol. The van der Waals surface area contributed by atoms with Crippen LogP contribution in [0.2, 0.25) is 0 Å². The first-order valence-electron chi connectivity index (χ1n) is 5.16. The minimum atomic E-state index is 0.554. The summed E-state index contributed by atoms with van der Waals surface area (Å²) in [5.41, 5.74) is 1.01. The normalized spacial score (nSPS) is 21.3. The lowest BCUT2D eigenvalue weighted by Gasteiger charge is -2.10. The molecule has 0 bridgehead atoms. The molecule has 2 heterocycles. The van der Waals surface area contributed by atoms with Crippen LogP contribution in [0.5, 0.6) is 0 Å². The topological polar surface area (TPSA) is 34.1 Å². The molecule has 3 heteroatoms. The van der Waals surface area contributed by atoms with Crippen LogP contribution >= 0.6 is 0 Å². The van der Waals surface area contributed by atoms with Crippen LogP contribution in [0, 0.1) is 0 Å². The Morgan fingerprint density at radius 2 is 2.50 bits per heavy atom. The van der Waals surface area contributed by atoms with Gasteiger partial charge in [-0.05, 0) is 31.5 Å². The fourth-order valence-electron chi connectivity index (χ4n) is 1.69. The maximum atomic E-state index is 5.58. The number of hydrogen-bond acceptors (Lipinski definition) is 3. The number of pyridine rings is 1. The highest BCUT2D eigenvalue weighted by molar-refractivity contribution is 5.01. The van der Waals surface area contributed by atoms with Gasteiger partial charge in [0.2, 0.25) is 0 Å². The SMILES string of the molecule is c1ccc(COC[C@H]2CCCN2)nc1. The summed E-state index contributed by atoms with van der Waals surface area (Å²) in [5.74, 6) is 0. The van der Waals surface area contributed by atoms with Gasteiger partial charge in [-0.3, -0.25) is 4.98 Å². The van der Waals surface area contributed by atoms with Gasteiger partial charge in [-0.1, -0.05) is 6.07 Å². The Balaban J connectivity index is 1.67. The minimum absolute atomic E-state index is 0.554. The average molecular weight is 192 g/mol. The van der Waals surface area contributed by atoms with E-state index in [2.05, 4.69) is 10.3 Å². The Labute approximate surface area is 84.5 Å². The zero-order valence-corrected chi connectivity index (χ0v) is 8.28. The van der Waals surface area contributed by atoms with Gasteiger partial charge in [0.25, 0.3) is 0 Å². The maximum absolute atomic E-state index is 5.58. The third kappa shape index (κ3) is 2.79. The van der Waals surface area contributed by atoms with Crippen molar-refractivity contribution in [1.29, 1.82) is 0 Å². The van der Waals surface area contributed by atoms with Crippen LogP contribution < -0.4 is 5.32 Å². The molecule has 1 fully saturated rings. The molecular weight excluding hydrogens is 176 g/mol. The Hall–Kier alpha value is -0.930. The monoisotopic (exact) mass is 192 g/mol. The summed E-state index contributed by atoms with van der Waals surface area (Å²) in [6, 6.07) is 6.45. The van der Waals surface area contributed by atoms with Gasteiger partial charge in [0.05, 0.1) is 18.9 Å². The van der Waals surface area contributed by atoms with Gasteiger partial charge in [-0.25, -0.2) is 0 Å². The molecule has 0 aromatic carbocycles. The van der Waals surface area contributed by atoms with Crippen LogP contribution in [0.25, 0.3) is 0 Å². The highest BCUT2D eigenvalue weighted by Gasteiger charge is 2.13. The molecule has 0 unspecified atom stereocenters. The van der Waals surface area contributed by atoms with Crippen molar-refractivity contribution in [2.24, 2.45) is 0 Å². The molecule has 1 N–H and O–H groups in total. The summed E-state index contributed by atoms with van der Waals surface area (Å²) >= 11 is 0. The van der Waals surface area contributed by atoms with E-state index in [0.29, 0.717) is 12.6 Å². The van der Waals surface area contributed by atoms with Gasteiger partial charge in [0.15, 0.2) is 0 Å². The Morgan fingerprint density at radius 1 is 1.50 bits per heavy atom. The van der Waals surface area contributed by atoms with E-state index in [0.717, 1.165) is 18.8 Å². The van der Waals surface area contributed by atoms with Gasteiger partial charge in [-0.15, -0.1) is 0 Å². The second-order valence-corrected chi connectivity index (χ2v) is 3.63. The van der Waals surface area contributed by atoms with E-state index < -0.39 is 0 Å². The number of nitrogens with one attached hydrogen (secondary N) is 1. The summed E-state index contributed by atoms with van der Waals surface area (Å²) in [5, 5.41) is 3.40. The molecule has 3 nitrogen and oxygen atoms in total. The van der Waals surface area contributed by atoms with Crippen molar-refractivity contribution in [3.05, 3.63) is 30.1 Å². The van der Waals surface area contributed by atoms with Crippen molar-refractivity contribution >= 4 is 0 Å². The molecule has 0 radical (unpaired) electrons. The summed E-state index contributed by atoms with van der Waals surface area (Å²) in [6.45, 7) is 2.56. The second kappa shape index (κ2) is 5.08. The van der Waals surface area contributed by atoms with Gasteiger partial charge in [0.1, 0.15) is 0 Å². The molecule has 0 spiro atoms. The molecule has 2 rings (SSSR count). The largest absolute Gasteiger partial charge is 0.374 e. The van der Waals surface area contributed by atoms with E-state index in [1.54, 1.807) is 6.20 Å². The van der Waals surface area contributed by atoms with Crippen molar-refractivity contribution < 1.29 is 4.74 Å². The number of rotatable bonds is 4. The number of hydrogen-bond donors (Lipinski definition) is 1. The summed E-state index contributed by atoms with van der Waals surface area (Å²) in [4.78, 5) is 4.20. The number of nitrogens with zero attached hydrogens (tertiary/aromatic N) is 1. The van der Waals surface area contributed by atoms with E-state index in [1.165, 1.54) is 12.8 Å². The molecule has 76 valence electrons. The third-order valence-corrected chi connectivity index (χ3v) is 2.46. The Bertz CT molecular complexity index is 257. The van der Waals surface area contributed by atoms with Crippen LogP contribution in [-0.4, -0.2) is 24.2 Å². The fourth-order valence-corrected chi connectivity index (χ4v) is 1.69. The molecule has 0 aliphatic carbocycles. The van der Waals surface area contributed by atoms with E-state index >= 15 is 0 Å². The Morgan fingerprint density at radius 3 is 3.21 bits per heavy atom. The van der Waals surface area contributed by atoms with Crippen molar-refractivity contribution in [3.8, 4) is 0 Å². The molecule has 0 amide bonds. The van der Waals surface area contributed by atoms with Crippen molar-refractivity contribution in [3.63, 3.8) is 0 Å². The van der Waals surface area contributed by atoms with Gasteiger partial charge in [-0.2, -0.15) is 0 Å². The van der Waals surface area contributed by atoms with Crippen molar-refractivity contribution in [2.75, 3.05) is 13.2 Å². The van der Waals surface area contributed by atoms with Crippen LogP contribution in [0.15, 0.2) is 24.4 Å². The molecule has 0 saturated carbocycles. The predicted octanol–water partition coefficient (Wildman–Crippen LogP) is 1.35. The molecule has 1 atom stereocenters. The molecule has 1 aromatic rings. The first kappa shape index (κ1) is 9.62. The van der Waals surface area contributed by atoms with Gasteiger partial charge >= 0.3 is 0 Å². The smallest absolute Gasteiger partial charge is 0.0888 e. The summed E-state index contributed by atoms with van der Waals surface area (Å²) < 4.78 is 5.58. The third-order valence-electron chi connectivity index (χ3n) is 2.46. The maximum Gasteiger partial charge on any atom is 0.0888 e. The molecular formula is C11H16N2O. The average Bonchev–Trinajstić information content (AvgIpc) is 2.72. The molecule has 1 aromatic heterocycles. The minimum Gasteiger partial charge on any atom is -0.374 e. The van der Waals surface area contributed by atoms with E-state index in [9.17, 15) is 0 Å². The van der Waals surface area contributed by atoms with E-state index in [-0.39, 0.29) is 0 Å². The molecule has 1 saturated heterocycles. The zero-order chi connectivity index (χ0) is 9.64. The first-order valence-corrected chi connectivity index (χ1v) is 5.16. The summed E-state index contributed by atoms with van der Waals surface area (Å²) in [6.07, 6.45) is 4.31. The van der Waals surface area contributed by atoms with Crippen LogP contribution in [-0.2, 0) is 11.3 Å². The summed E-state index contributed by atoms with van der Waals surface area (Å²) in [7, 11) is 0. The highest BCUT2D eigenvalue weighted by Crippen LogP contribution is 2.06. The molecule has 14 heavy (non-hydrogen) atoms.